The van der Waals surface area contributed by atoms with Crippen molar-refractivity contribution in [3.05, 3.63) is 46.4 Å². The summed E-state index contributed by atoms with van der Waals surface area (Å²) in [6.07, 6.45) is 0. The van der Waals surface area contributed by atoms with E-state index in [0.717, 1.165) is 22.5 Å². The predicted octanol–water partition coefficient (Wildman–Crippen LogP) is 3.38. The van der Waals surface area contributed by atoms with E-state index in [1.165, 1.54) is 10.8 Å². The zero-order valence-corrected chi connectivity index (χ0v) is 10.2. The number of aliphatic imine (C=N–C) groups is 1. The van der Waals surface area contributed by atoms with Crippen LogP contribution in [0.1, 0.15) is 5.56 Å². The van der Waals surface area contributed by atoms with Gasteiger partial charge < -0.3 is 4.74 Å². The number of hydrogen-bond acceptors (Lipinski definition) is 2. The molecule has 0 aromatic heterocycles. The largest absolute Gasteiger partial charge is 0.476 e. The van der Waals surface area contributed by atoms with Gasteiger partial charge in [-0.1, -0.05) is 28.1 Å². The van der Waals surface area contributed by atoms with Crippen LogP contribution in [0.4, 0.5) is 0 Å². The van der Waals surface area contributed by atoms with E-state index in [9.17, 15) is 0 Å². The Labute approximate surface area is 102 Å². The van der Waals surface area contributed by atoms with Crippen molar-refractivity contribution in [2.75, 3.05) is 13.2 Å². The Morgan fingerprint density at radius 2 is 1.94 bits per heavy atom. The van der Waals surface area contributed by atoms with Crippen LogP contribution in [0, 0.1) is 0 Å². The van der Waals surface area contributed by atoms with Crippen LogP contribution >= 0.6 is 15.9 Å². The molecule has 3 heteroatoms. The van der Waals surface area contributed by atoms with Crippen LogP contribution in [0.2, 0.25) is 0 Å². The van der Waals surface area contributed by atoms with Crippen LogP contribution in [-0.4, -0.2) is 19.0 Å². The molecule has 0 radical (unpaired) electrons. The molecule has 0 spiro atoms. The summed E-state index contributed by atoms with van der Waals surface area (Å²) < 4.78 is 6.55. The molecule has 2 aromatic carbocycles. The molecule has 1 aliphatic heterocycles. The number of nitrogens with zero attached hydrogens (tertiary/aromatic N) is 1. The molecule has 0 bridgehead atoms. The van der Waals surface area contributed by atoms with Crippen molar-refractivity contribution in [1.82, 2.24) is 0 Å². The zero-order chi connectivity index (χ0) is 11.0. The summed E-state index contributed by atoms with van der Waals surface area (Å²) >= 11 is 3.48. The molecule has 16 heavy (non-hydrogen) atoms. The van der Waals surface area contributed by atoms with Gasteiger partial charge >= 0.3 is 0 Å². The van der Waals surface area contributed by atoms with Crippen LogP contribution in [0.5, 0.6) is 0 Å². The van der Waals surface area contributed by atoms with Crippen LogP contribution in [0.3, 0.4) is 0 Å². The third-order valence-corrected chi connectivity index (χ3v) is 3.13. The van der Waals surface area contributed by atoms with Gasteiger partial charge in [0, 0.05) is 10.0 Å². The summed E-state index contributed by atoms with van der Waals surface area (Å²) in [7, 11) is 0. The normalized spacial score (nSPS) is 14.9. The quantitative estimate of drug-likeness (QED) is 0.782. The third kappa shape index (κ3) is 1.71. The molecule has 0 saturated carbocycles. The maximum Gasteiger partial charge on any atom is 0.216 e. The van der Waals surface area contributed by atoms with E-state index in [1.54, 1.807) is 0 Å². The zero-order valence-electron chi connectivity index (χ0n) is 8.61. The molecule has 0 saturated heterocycles. The molecular formula is C13H10BrNO. The lowest BCUT2D eigenvalue weighted by Gasteiger charge is -2.04. The molecule has 0 unspecified atom stereocenters. The van der Waals surface area contributed by atoms with Crippen molar-refractivity contribution in [2.24, 2.45) is 4.99 Å². The second-order valence-electron chi connectivity index (χ2n) is 3.74. The third-order valence-electron chi connectivity index (χ3n) is 2.63. The highest BCUT2D eigenvalue weighted by Gasteiger charge is 2.10. The lowest BCUT2D eigenvalue weighted by atomic mass is 10.1. The molecule has 1 heterocycles. The van der Waals surface area contributed by atoms with Crippen LogP contribution in [0.25, 0.3) is 10.8 Å². The first-order valence-corrected chi connectivity index (χ1v) is 5.99. The molecule has 2 nitrogen and oxygen atoms in total. The number of hydrogen-bond donors (Lipinski definition) is 0. The van der Waals surface area contributed by atoms with Gasteiger partial charge in [-0.25, -0.2) is 4.99 Å². The lowest BCUT2D eigenvalue weighted by Crippen LogP contribution is -2.00. The molecule has 0 amide bonds. The number of halogens is 1. The van der Waals surface area contributed by atoms with Crippen molar-refractivity contribution >= 4 is 32.6 Å². The summed E-state index contributed by atoms with van der Waals surface area (Å²) in [5, 5.41) is 2.43. The first kappa shape index (κ1) is 9.85. The van der Waals surface area contributed by atoms with Crippen molar-refractivity contribution in [2.45, 2.75) is 0 Å². The van der Waals surface area contributed by atoms with Crippen molar-refractivity contribution in [3.8, 4) is 0 Å². The predicted molar refractivity (Wildman–Crippen MR) is 69.0 cm³/mol. The highest BCUT2D eigenvalue weighted by Crippen LogP contribution is 2.22. The van der Waals surface area contributed by atoms with E-state index in [0.29, 0.717) is 6.61 Å². The van der Waals surface area contributed by atoms with E-state index in [1.807, 2.05) is 6.07 Å². The van der Waals surface area contributed by atoms with Gasteiger partial charge in [-0.3, -0.25) is 0 Å². The minimum Gasteiger partial charge on any atom is -0.476 e. The van der Waals surface area contributed by atoms with Crippen LogP contribution < -0.4 is 0 Å². The summed E-state index contributed by atoms with van der Waals surface area (Å²) in [6.45, 7) is 1.47. The van der Waals surface area contributed by atoms with Crippen molar-refractivity contribution < 1.29 is 4.74 Å². The minimum absolute atomic E-state index is 0.700. The number of fused-ring (bicyclic) bond motifs is 1. The Balaban J connectivity index is 2.14. The van der Waals surface area contributed by atoms with E-state index in [-0.39, 0.29) is 0 Å². The standard InChI is InChI=1S/C13H10BrNO/c14-12-4-3-9-1-2-10(7-11(9)8-12)13-15-5-6-16-13/h1-4,7-8H,5-6H2. The van der Waals surface area contributed by atoms with Gasteiger partial charge in [-0.05, 0) is 35.0 Å². The second kappa shape index (κ2) is 3.91. The Morgan fingerprint density at radius 3 is 2.75 bits per heavy atom. The Bertz CT molecular complexity index is 577. The molecular weight excluding hydrogens is 266 g/mol. The number of rotatable bonds is 1. The molecule has 3 rings (SSSR count). The fourth-order valence-corrected chi connectivity index (χ4v) is 2.24. The summed E-state index contributed by atoms with van der Waals surface area (Å²) in [5.41, 5.74) is 1.06. The van der Waals surface area contributed by atoms with Gasteiger partial charge in [0.2, 0.25) is 5.90 Å². The Hall–Kier alpha value is -1.35. The van der Waals surface area contributed by atoms with E-state index in [4.69, 9.17) is 4.74 Å². The summed E-state index contributed by atoms with van der Waals surface area (Å²) in [6, 6.07) is 12.5. The topological polar surface area (TPSA) is 21.6 Å². The average molecular weight is 276 g/mol. The minimum atomic E-state index is 0.700. The maximum absolute atomic E-state index is 5.46. The first-order chi connectivity index (χ1) is 7.83. The SMILES string of the molecule is Brc1ccc2ccc(C3=NCCO3)cc2c1. The monoisotopic (exact) mass is 275 g/mol. The summed E-state index contributed by atoms with van der Waals surface area (Å²) in [5.74, 6) is 0.766. The van der Waals surface area contributed by atoms with Crippen molar-refractivity contribution in [1.29, 1.82) is 0 Å². The first-order valence-electron chi connectivity index (χ1n) is 5.20. The van der Waals surface area contributed by atoms with Gasteiger partial charge in [-0.2, -0.15) is 0 Å². The average Bonchev–Trinajstić information content (AvgIpc) is 2.81. The smallest absolute Gasteiger partial charge is 0.216 e. The lowest BCUT2D eigenvalue weighted by molar-refractivity contribution is 0.348. The van der Waals surface area contributed by atoms with E-state index in [2.05, 4.69) is 51.3 Å². The molecule has 0 aliphatic carbocycles. The van der Waals surface area contributed by atoms with E-state index >= 15 is 0 Å². The van der Waals surface area contributed by atoms with Gasteiger partial charge in [0.05, 0.1) is 6.54 Å². The molecule has 0 fully saturated rings. The van der Waals surface area contributed by atoms with Crippen molar-refractivity contribution in [3.63, 3.8) is 0 Å². The Morgan fingerprint density at radius 1 is 1.06 bits per heavy atom. The molecule has 80 valence electrons. The van der Waals surface area contributed by atoms with E-state index < -0.39 is 0 Å². The molecule has 1 aliphatic rings. The fraction of sp³-hybridized carbons (Fsp3) is 0.154. The highest BCUT2D eigenvalue weighted by molar-refractivity contribution is 9.10. The van der Waals surface area contributed by atoms with Gasteiger partial charge in [0.1, 0.15) is 6.61 Å². The highest BCUT2D eigenvalue weighted by atomic mass is 79.9. The van der Waals surface area contributed by atoms with Gasteiger partial charge in [0.25, 0.3) is 0 Å². The van der Waals surface area contributed by atoms with Crippen LogP contribution in [0.15, 0.2) is 45.9 Å². The number of ether oxygens (including phenoxy) is 1. The van der Waals surface area contributed by atoms with Crippen LogP contribution in [-0.2, 0) is 4.74 Å². The molecule has 2 aromatic rings. The summed E-state index contributed by atoms with van der Waals surface area (Å²) in [4.78, 5) is 4.32. The van der Waals surface area contributed by atoms with Gasteiger partial charge in [0.15, 0.2) is 0 Å². The van der Waals surface area contributed by atoms with Gasteiger partial charge in [-0.15, -0.1) is 0 Å². The fourth-order valence-electron chi connectivity index (χ4n) is 1.86. The second-order valence-corrected chi connectivity index (χ2v) is 4.66. The number of benzene rings is 2. The molecule has 0 atom stereocenters. The Kier molecular flexibility index (Phi) is 2.40. The molecule has 0 N–H and O–H groups in total. The maximum atomic E-state index is 5.46.